The lowest BCUT2D eigenvalue weighted by Crippen LogP contribution is -2.25. The number of hydrogen-bond donors (Lipinski definition) is 0. The summed E-state index contributed by atoms with van der Waals surface area (Å²) in [6, 6.07) is 8.88. The molecule has 0 bridgehead atoms. The molecule has 0 N–H and O–H groups in total. The molecule has 2 aliphatic rings. The molecule has 0 heteroatoms. The second-order valence-corrected chi connectivity index (χ2v) is 10.7. The summed E-state index contributed by atoms with van der Waals surface area (Å²) < 4.78 is 0. The molecule has 0 unspecified atom stereocenters. The van der Waals surface area contributed by atoms with E-state index in [0.29, 0.717) is 0 Å². The van der Waals surface area contributed by atoms with E-state index in [1.165, 1.54) is 108 Å². The van der Waals surface area contributed by atoms with E-state index in [1.54, 1.807) is 0 Å². The Morgan fingerprint density at radius 3 is 2.03 bits per heavy atom. The van der Waals surface area contributed by atoms with Gasteiger partial charge in [0.05, 0.1) is 0 Å². The molecule has 0 amide bonds. The minimum atomic E-state index is 0.756. The average Bonchev–Trinajstić information content (AvgIpc) is 2.84. The SMILES string of the molecule is CCCCCc1ccc(C#CC=C[C@H]2CC[C@H]([C@H]3CC[C@H](CCCCC)CC3)CC2)cc1. The minimum Gasteiger partial charge on any atom is -0.0730 e. The van der Waals surface area contributed by atoms with Crippen molar-refractivity contribution in [3.8, 4) is 11.8 Å². The first-order valence-electron chi connectivity index (χ1n) is 14.1. The Morgan fingerprint density at radius 2 is 1.38 bits per heavy atom. The molecular formula is C32H48. The topological polar surface area (TPSA) is 0 Å². The molecule has 0 atom stereocenters. The molecule has 1 aromatic rings. The summed E-state index contributed by atoms with van der Waals surface area (Å²) in [5, 5.41) is 0. The zero-order valence-electron chi connectivity index (χ0n) is 21.1. The summed E-state index contributed by atoms with van der Waals surface area (Å²) in [6.07, 6.45) is 27.1. The number of hydrogen-bond acceptors (Lipinski definition) is 0. The molecule has 2 fully saturated rings. The van der Waals surface area contributed by atoms with Crippen molar-refractivity contribution >= 4 is 0 Å². The Hall–Kier alpha value is -1.48. The van der Waals surface area contributed by atoms with Crippen molar-refractivity contribution in [2.75, 3.05) is 0 Å². The maximum absolute atomic E-state index is 3.32. The largest absolute Gasteiger partial charge is 0.0730 e. The third-order valence-corrected chi connectivity index (χ3v) is 8.28. The van der Waals surface area contributed by atoms with Crippen molar-refractivity contribution in [3.05, 3.63) is 47.5 Å². The summed E-state index contributed by atoms with van der Waals surface area (Å²) in [4.78, 5) is 0. The highest BCUT2D eigenvalue weighted by molar-refractivity contribution is 5.38. The Bertz CT molecular complexity index is 697. The molecule has 0 saturated heterocycles. The summed E-state index contributed by atoms with van der Waals surface area (Å²) in [6.45, 7) is 4.58. The van der Waals surface area contributed by atoms with Crippen LogP contribution in [0.2, 0.25) is 0 Å². The van der Waals surface area contributed by atoms with Gasteiger partial charge < -0.3 is 0 Å². The smallest absolute Gasteiger partial charge is 0.0249 e. The maximum Gasteiger partial charge on any atom is 0.0249 e. The van der Waals surface area contributed by atoms with Crippen LogP contribution in [-0.2, 0) is 6.42 Å². The predicted molar refractivity (Wildman–Crippen MR) is 141 cm³/mol. The van der Waals surface area contributed by atoms with Gasteiger partial charge in [0, 0.05) is 5.56 Å². The normalized spacial score (nSPS) is 26.1. The van der Waals surface area contributed by atoms with Gasteiger partial charge >= 0.3 is 0 Å². The van der Waals surface area contributed by atoms with Crippen molar-refractivity contribution in [1.29, 1.82) is 0 Å². The van der Waals surface area contributed by atoms with Crippen molar-refractivity contribution in [3.63, 3.8) is 0 Å². The van der Waals surface area contributed by atoms with Gasteiger partial charge in [0.15, 0.2) is 0 Å². The van der Waals surface area contributed by atoms with Crippen LogP contribution in [-0.4, -0.2) is 0 Å². The number of aryl methyl sites for hydroxylation is 1. The van der Waals surface area contributed by atoms with Gasteiger partial charge in [-0.25, -0.2) is 0 Å². The van der Waals surface area contributed by atoms with Crippen molar-refractivity contribution in [2.45, 2.75) is 117 Å². The van der Waals surface area contributed by atoms with E-state index in [0.717, 1.165) is 29.2 Å². The van der Waals surface area contributed by atoms with E-state index in [-0.39, 0.29) is 0 Å². The van der Waals surface area contributed by atoms with Gasteiger partial charge in [-0.05, 0) is 98.8 Å². The lowest BCUT2D eigenvalue weighted by molar-refractivity contribution is 0.151. The fraction of sp³-hybridized carbons (Fsp3) is 0.688. The number of rotatable bonds is 10. The first kappa shape index (κ1) is 25.1. The van der Waals surface area contributed by atoms with Crippen molar-refractivity contribution < 1.29 is 0 Å². The van der Waals surface area contributed by atoms with Gasteiger partial charge in [-0.3, -0.25) is 0 Å². The third kappa shape index (κ3) is 8.81. The summed E-state index contributed by atoms with van der Waals surface area (Å²) >= 11 is 0. The highest BCUT2D eigenvalue weighted by Gasteiger charge is 2.30. The molecule has 0 nitrogen and oxygen atoms in total. The molecule has 32 heavy (non-hydrogen) atoms. The molecule has 2 saturated carbocycles. The molecule has 0 heterocycles. The quantitative estimate of drug-likeness (QED) is 0.255. The minimum absolute atomic E-state index is 0.756. The molecular weight excluding hydrogens is 384 g/mol. The number of unbranched alkanes of at least 4 members (excludes halogenated alkanes) is 4. The third-order valence-electron chi connectivity index (χ3n) is 8.28. The zero-order chi connectivity index (χ0) is 22.4. The van der Waals surface area contributed by atoms with Gasteiger partial charge in [-0.2, -0.15) is 0 Å². The standard InChI is InChI=1S/C32H48/c1-3-5-7-11-27-15-17-28(18-16-27)13-9-10-14-30-21-25-32(26-22-30)31-23-19-29(20-24-31)12-8-6-4-2/h10,14-18,29-32H,3-8,11-12,19-26H2,1-2H3/t29-,30-,31-,32-. The lowest BCUT2D eigenvalue weighted by atomic mass is 9.68. The highest BCUT2D eigenvalue weighted by atomic mass is 14.4. The van der Waals surface area contributed by atoms with Crippen LogP contribution >= 0.6 is 0 Å². The number of allylic oxidation sites excluding steroid dienone is 2. The second-order valence-electron chi connectivity index (χ2n) is 10.7. The van der Waals surface area contributed by atoms with Gasteiger partial charge in [-0.15, -0.1) is 0 Å². The van der Waals surface area contributed by atoms with E-state index < -0.39 is 0 Å². The van der Waals surface area contributed by atoms with E-state index in [9.17, 15) is 0 Å². The van der Waals surface area contributed by atoms with Crippen LogP contribution in [0.25, 0.3) is 0 Å². The van der Waals surface area contributed by atoms with Crippen LogP contribution in [0.3, 0.4) is 0 Å². The van der Waals surface area contributed by atoms with Crippen LogP contribution in [0.5, 0.6) is 0 Å². The van der Waals surface area contributed by atoms with E-state index in [2.05, 4.69) is 62.1 Å². The first-order valence-corrected chi connectivity index (χ1v) is 14.1. The van der Waals surface area contributed by atoms with Crippen LogP contribution in [0.15, 0.2) is 36.4 Å². The summed E-state index contributed by atoms with van der Waals surface area (Å²) in [7, 11) is 0. The van der Waals surface area contributed by atoms with Crippen LogP contribution < -0.4 is 0 Å². The molecule has 0 aromatic heterocycles. The molecule has 0 aliphatic heterocycles. The lowest BCUT2D eigenvalue weighted by Gasteiger charge is -2.37. The average molecular weight is 433 g/mol. The Labute approximate surface area is 199 Å². The maximum atomic E-state index is 3.32. The van der Waals surface area contributed by atoms with Crippen molar-refractivity contribution in [2.24, 2.45) is 23.7 Å². The Balaban J connectivity index is 1.33. The summed E-state index contributed by atoms with van der Waals surface area (Å²) in [5.74, 6) is 10.5. The van der Waals surface area contributed by atoms with E-state index in [4.69, 9.17) is 0 Å². The van der Waals surface area contributed by atoms with Crippen LogP contribution in [0, 0.1) is 35.5 Å². The molecule has 2 aliphatic carbocycles. The predicted octanol–water partition coefficient (Wildman–Crippen LogP) is 9.52. The fourth-order valence-corrected chi connectivity index (χ4v) is 6.08. The van der Waals surface area contributed by atoms with Crippen LogP contribution in [0.4, 0.5) is 0 Å². The Morgan fingerprint density at radius 1 is 0.750 bits per heavy atom. The van der Waals surface area contributed by atoms with Gasteiger partial charge in [-0.1, -0.05) is 95.3 Å². The Kier molecular flexibility index (Phi) is 11.5. The first-order chi connectivity index (χ1) is 15.8. The second kappa shape index (κ2) is 14.6. The zero-order valence-corrected chi connectivity index (χ0v) is 21.1. The van der Waals surface area contributed by atoms with Gasteiger partial charge in [0.1, 0.15) is 0 Å². The molecule has 0 spiro atoms. The monoisotopic (exact) mass is 432 g/mol. The molecule has 176 valence electrons. The molecule has 3 rings (SSSR count). The van der Waals surface area contributed by atoms with Crippen molar-refractivity contribution in [1.82, 2.24) is 0 Å². The van der Waals surface area contributed by atoms with E-state index >= 15 is 0 Å². The number of benzene rings is 1. The molecule has 0 radical (unpaired) electrons. The van der Waals surface area contributed by atoms with Crippen LogP contribution in [0.1, 0.15) is 121 Å². The highest BCUT2D eigenvalue weighted by Crippen LogP contribution is 2.42. The van der Waals surface area contributed by atoms with Gasteiger partial charge in [0.25, 0.3) is 0 Å². The van der Waals surface area contributed by atoms with Gasteiger partial charge in [0.2, 0.25) is 0 Å². The van der Waals surface area contributed by atoms with E-state index in [1.807, 2.05) is 0 Å². The molecule has 1 aromatic carbocycles. The fourth-order valence-electron chi connectivity index (χ4n) is 6.08. The summed E-state index contributed by atoms with van der Waals surface area (Å²) in [5.41, 5.74) is 2.59.